The van der Waals surface area contributed by atoms with Gasteiger partial charge in [-0.2, -0.15) is 0 Å². The predicted octanol–water partition coefficient (Wildman–Crippen LogP) is 2.80. The number of carboxylic acid groups (broad SMARTS) is 1. The highest BCUT2D eigenvalue weighted by molar-refractivity contribution is 8.00. The molecular weight excluding hydrogens is 552 g/mol. The summed E-state index contributed by atoms with van der Waals surface area (Å²) in [5.41, 5.74) is 9.32. The molecule has 2 atom stereocenters. The molecule has 2 aromatic carbocycles. The first kappa shape index (κ1) is 25.7. The van der Waals surface area contributed by atoms with Crippen molar-refractivity contribution in [2.24, 2.45) is 10.9 Å². The quantitative estimate of drug-likeness (QED) is 0.101. The number of carboxylic acids is 1. The summed E-state index contributed by atoms with van der Waals surface area (Å²) in [5, 5.41) is 26.5. The number of rotatable bonds is 6. The Morgan fingerprint density at radius 3 is 2.55 bits per heavy atom. The van der Waals surface area contributed by atoms with Crippen molar-refractivity contribution in [3.8, 4) is 11.1 Å². The van der Waals surface area contributed by atoms with E-state index in [-0.39, 0.29) is 17.3 Å². The van der Waals surface area contributed by atoms with Gasteiger partial charge in [0, 0.05) is 17.2 Å². The lowest BCUT2D eigenvalue weighted by molar-refractivity contribution is -0.148. The highest BCUT2D eigenvalue weighted by atomic mass is 35.5. The van der Waals surface area contributed by atoms with Crippen LogP contribution in [0.15, 0.2) is 64.8 Å². The van der Waals surface area contributed by atoms with Gasteiger partial charge in [0.15, 0.2) is 5.82 Å². The number of hydrogen-bond donors (Lipinski definition) is 3. The van der Waals surface area contributed by atoms with Gasteiger partial charge in [-0.3, -0.25) is 19.4 Å². The molecule has 3 aromatic rings. The Morgan fingerprint density at radius 2 is 1.92 bits per heavy atom. The minimum Gasteiger partial charge on any atom is -0.477 e. The third-order valence-corrected chi connectivity index (χ3v) is 8.28. The van der Waals surface area contributed by atoms with Crippen molar-refractivity contribution in [1.29, 1.82) is 0 Å². The van der Waals surface area contributed by atoms with Gasteiger partial charge >= 0.3 is 5.97 Å². The van der Waals surface area contributed by atoms with Gasteiger partial charge in [-0.05, 0) is 39.9 Å². The van der Waals surface area contributed by atoms with E-state index in [4.69, 9.17) is 22.5 Å². The van der Waals surface area contributed by atoms with E-state index in [0.29, 0.717) is 17.0 Å². The van der Waals surface area contributed by atoms with Crippen LogP contribution in [-0.4, -0.2) is 65.6 Å². The van der Waals surface area contributed by atoms with Crippen LogP contribution in [0.4, 0.5) is 5.82 Å². The molecule has 2 aliphatic heterocycles. The highest BCUT2D eigenvalue weighted by Crippen LogP contribution is 2.46. The fourth-order valence-corrected chi connectivity index (χ4v) is 6.43. The van der Waals surface area contributed by atoms with Crippen LogP contribution in [0.3, 0.4) is 0 Å². The van der Waals surface area contributed by atoms with E-state index >= 15 is 0 Å². The summed E-state index contributed by atoms with van der Waals surface area (Å²) >= 11 is 8.15. The molecule has 0 aliphatic carbocycles. The number of aromatic nitrogens is 2. The zero-order valence-electron chi connectivity index (χ0n) is 19.4. The molecule has 4 N–H and O–H groups in total. The number of alkyl halides is 1. The largest absolute Gasteiger partial charge is 0.477 e. The third kappa shape index (κ3) is 4.38. The van der Waals surface area contributed by atoms with Crippen LogP contribution in [0.2, 0.25) is 0 Å². The lowest BCUT2D eigenvalue weighted by Crippen LogP contribution is -2.72. The number of fused-ring (bicyclic) bond motifs is 1. The molecule has 14 heteroatoms. The van der Waals surface area contributed by atoms with Crippen LogP contribution in [0.1, 0.15) is 11.1 Å². The number of nitrogens with two attached hydrogens (primary N) is 1. The van der Waals surface area contributed by atoms with Gasteiger partial charge in [-0.25, -0.2) is 4.79 Å². The molecule has 0 saturated carbocycles. The van der Waals surface area contributed by atoms with Gasteiger partial charge in [-0.15, -0.1) is 28.5 Å². The van der Waals surface area contributed by atoms with Gasteiger partial charge < -0.3 is 16.0 Å². The number of amides is 2. The summed E-state index contributed by atoms with van der Waals surface area (Å²) in [5.74, 6) is -2.86. The van der Waals surface area contributed by atoms with Gasteiger partial charge in [0.25, 0.3) is 11.8 Å². The molecule has 0 radical (unpaired) electrons. The maximum absolute atomic E-state index is 13.4. The smallest absolute Gasteiger partial charge is 0.352 e. The van der Waals surface area contributed by atoms with E-state index in [2.05, 4.69) is 14.7 Å². The number of hydrogen-bond acceptors (Lipinski definition) is 9. The van der Waals surface area contributed by atoms with Gasteiger partial charge in [0.1, 0.15) is 17.1 Å². The Labute approximate surface area is 229 Å². The number of carbonyl (C=O) groups is 3. The van der Waals surface area contributed by atoms with Crippen molar-refractivity contribution in [2.45, 2.75) is 17.3 Å². The zero-order valence-corrected chi connectivity index (χ0v) is 21.8. The zero-order chi connectivity index (χ0) is 27.0. The monoisotopic (exact) mass is 570 g/mol. The third-order valence-electron chi connectivity index (χ3n) is 6.21. The Kier molecular flexibility index (Phi) is 7.06. The second kappa shape index (κ2) is 10.4. The molecule has 1 aromatic heterocycles. The number of thioether (sulfide) groups is 1. The average molecular weight is 571 g/mol. The van der Waals surface area contributed by atoms with Crippen molar-refractivity contribution in [3.05, 3.63) is 70.7 Å². The minimum absolute atomic E-state index is 0.0461. The minimum atomic E-state index is -1.27. The van der Waals surface area contributed by atoms with E-state index in [1.807, 2.05) is 42.5 Å². The fraction of sp³-hybridized carbons (Fsp3) is 0.167. The fourth-order valence-electron chi connectivity index (χ4n) is 4.40. The van der Waals surface area contributed by atoms with E-state index in [0.717, 1.165) is 33.1 Å². The number of amidine groups is 1. The van der Waals surface area contributed by atoms with Crippen molar-refractivity contribution < 1.29 is 24.7 Å². The first-order chi connectivity index (χ1) is 18.3. The number of benzene rings is 2. The van der Waals surface area contributed by atoms with E-state index in [1.165, 1.54) is 22.0 Å². The SMILES string of the molecule is N/C(=N\O)C(=O)N(c1csnn1)[C@@H]1C(=O)N2C(C(=O)O)=C(c3cccc(-c4ccc(CCl)cc4)c3)CS[C@@H]12. The standard InChI is InChI=1S/C24H19ClN6O5S2/c25-9-12-4-6-13(7-5-12)14-2-1-3-15(8-14)16-10-37-23-19(21(32)31(23)18(16)24(34)35)30(17-11-38-29-27-17)22(33)20(26)28-36/h1-8,11,19,23,36H,9-10H2,(H2,26,28)(H,34,35)/t19-,23+/m1/s1. The summed E-state index contributed by atoms with van der Waals surface area (Å²) in [7, 11) is 0. The second-order valence-corrected chi connectivity index (χ2v) is 10.3. The maximum Gasteiger partial charge on any atom is 0.352 e. The van der Waals surface area contributed by atoms with Crippen molar-refractivity contribution in [2.75, 3.05) is 10.7 Å². The first-order valence-electron chi connectivity index (χ1n) is 11.1. The van der Waals surface area contributed by atoms with E-state index in [1.54, 1.807) is 6.07 Å². The molecule has 5 rings (SSSR count). The van der Waals surface area contributed by atoms with Crippen molar-refractivity contribution >= 4 is 69.9 Å². The number of aliphatic carboxylic acids is 1. The first-order valence-corrected chi connectivity index (χ1v) is 13.5. The van der Waals surface area contributed by atoms with E-state index < -0.39 is 35.0 Å². The van der Waals surface area contributed by atoms with Crippen LogP contribution in [0.25, 0.3) is 16.7 Å². The number of anilines is 1. The van der Waals surface area contributed by atoms with Gasteiger partial charge in [0.05, 0.1) is 5.38 Å². The molecule has 11 nitrogen and oxygen atoms in total. The molecule has 2 amide bonds. The number of nitrogens with zero attached hydrogens (tertiary/aromatic N) is 5. The number of halogens is 1. The molecule has 1 fully saturated rings. The Balaban J connectivity index is 1.51. The van der Waals surface area contributed by atoms with E-state index in [9.17, 15) is 19.5 Å². The molecule has 38 heavy (non-hydrogen) atoms. The summed E-state index contributed by atoms with van der Waals surface area (Å²) < 4.78 is 3.73. The van der Waals surface area contributed by atoms with Crippen LogP contribution < -0.4 is 10.6 Å². The molecule has 2 aliphatic rings. The number of carbonyl (C=O) groups excluding carboxylic acids is 2. The lowest BCUT2D eigenvalue weighted by Gasteiger charge is -2.52. The molecule has 1 saturated heterocycles. The number of oxime groups is 1. The summed E-state index contributed by atoms with van der Waals surface area (Å²) in [6.45, 7) is 0. The van der Waals surface area contributed by atoms with Crippen LogP contribution in [0, 0.1) is 0 Å². The van der Waals surface area contributed by atoms with Gasteiger partial charge in [-0.1, -0.05) is 52.1 Å². The van der Waals surface area contributed by atoms with Crippen molar-refractivity contribution in [3.63, 3.8) is 0 Å². The molecule has 0 unspecified atom stereocenters. The predicted molar refractivity (Wildman–Crippen MR) is 144 cm³/mol. The number of β-lactam (4-membered cyclic amide) rings is 1. The lowest BCUT2D eigenvalue weighted by atomic mass is 9.95. The van der Waals surface area contributed by atoms with Gasteiger partial charge in [0.2, 0.25) is 5.84 Å². The normalized spacial score (nSPS) is 19.1. The van der Waals surface area contributed by atoms with Crippen molar-refractivity contribution in [1.82, 2.24) is 14.5 Å². The molecule has 194 valence electrons. The summed E-state index contributed by atoms with van der Waals surface area (Å²) in [6.07, 6.45) is 0. The molecule has 3 heterocycles. The van der Waals surface area contributed by atoms with Crippen LogP contribution in [0.5, 0.6) is 0 Å². The summed E-state index contributed by atoms with van der Waals surface area (Å²) in [4.78, 5) is 40.9. The molecule has 0 bridgehead atoms. The molecule has 0 spiro atoms. The maximum atomic E-state index is 13.4. The Morgan fingerprint density at radius 1 is 1.18 bits per heavy atom. The Bertz CT molecular complexity index is 1480. The Hall–Kier alpha value is -3.94. The second-order valence-electron chi connectivity index (χ2n) is 8.32. The highest BCUT2D eigenvalue weighted by Gasteiger charge is 2.58. The molecular formula is C24H19ClN6O5S2. The summed E-state index contributed by atoms with van der Waals surface area (Å²) in [6, 6.07) is 14.1. The topological polar surface area (TPSA) is 162 Å². The van der Waals surface area contributed by atoms with Crippen LogP contribution >= 0.6 is 34.9 Å². The van der Waals surface area contributed by atoms with Crippen LogP contribution in [-0.2, 0) is 20.3 Å². The average Bonchev–Trinajstić information content (AvgIpc) is 3.48.